The van der Waals surface area contributed by atoms with Crippen molar-refractivity contribution in [1.29, 1.82) is 0 Å². The maximum Gasteiger partial charge on any atom is 0.0953 e. The van der Waals surface area contributed by atoms with Gasteiger partial charge in [0.25, 0.3) is 0 Å². The summed E-state index contributed by atoms with van der Waals surface area (Å²) in [6.07, 6.45) is 3.28. The summed E-state index contributed by atoms with van der Waals surface area (Å²) >= 11 is 0. The molecule has 0 aromatic carbocycles. The van der Waals surface area contributed by atoms with Crippen LogP contribution in [0.1, 0.15) is 37.6 Å². The highest BCUT2D eigenvalue weighted by atomic mass is 16.5. The lowest BCUT2D eigenvalue weighted by Gasteiger charge is -2.36. The Morgan fingerprint density at radius 3 is 3.12 bits per heavy atom. The summed E-state index contributed by atoms with van der Waals surface area (Å²) in [7, 11) is 0. The first kappa shape index (κ1) is 12.5. The summed E-state index contributed by atoms with van der Waals surface area (Å²) in [4.78, 5) is 6.75. The SMILES string of the molecule is CCC(C)N1CCO[C@@H](c2ccnc(C)c2)C1. The zero-order valence-corrected chi connectivity index (χ0v) is 11.0. The highest BCUT2D eigenvalue weighted by molar-refractivity contribution is 5.19. The second-order valence-corrected chi connectivity index (χ2v) is 4.84. The van der Waals surface area contributed by atoms with Crippen LogP contribution in [0.2, 0.25) is 0 Å². The van der Waals surface area contributed by atoms with Gasteiger partial charge in [0.2, 0.25) is 0 Å². The molecular weight excluding hydrogens is 212 g/mol. The fraction of sp³-hybridized carbons (Fsp3) is 0.643. The van der Waals surface area contributed by atoms with Crippen molar-refractivity contribution < 1.29 is 4.74 Å². The lowest BCUT2D eigenvalue weighted by molar-refractivity contribution is -0.0430. The first-order valence-electron chi connectivity index (χ1n) is 6.49. The van der Waals surface area contributed by atoms with Gasteiger partial charge < -0.3 is 4.74 Å². The van der Waals surface area contributed by atoms with E-state index in [9.17, 15) is 0 Å². The quantitative estimate of drug-likeness (QED) is 0.803. The highest BCUT2D eigenvalue weighted by Gasteiger charge is 2.24. The van der Waals surface area contributed by atoms with E-state index in [1.54, 1.807) is 0 Å². The van der Waals surface area contributed by atoms with Crippen LogP contribution in [-0.4, -0.2) is 35.6 Å². The number of nitrogens with zero attached hydrogens (tertiary/aromatic N) is 2. The minimum Gasteiger partial charge on any atom is -0.371 e. The molecule has 0 N–H and O–H groups in total. The van der Waals surface area contributed by atoms with Gasteiger partial charge in [-0.2, -0.15) is 0 Å². The molecule has 1 saturated heterocycles. The van der Waals surface area contributed by atoms with E-state index in [1.165, 1.54) is 12.0 Å². The van der Waals surface area contributed by atoms with Gasteiger partial charge in [-0.3, -0.25) is 9.88 Å². The minimum absolute atomic E-state index is 0.208. The standard InChI is InChI=1S/C14H22N2O/c1-4-12(3)16-7-8-17-14(10-16)13-5-6-15-11(2)9-13/h5-6,9,12,14H,4,7-8,10H2,1-3H3/t12?,14-/m1/s1. The number of rotatable bonds is 3. The molecule has 94 valence electrons. The molecule has 1 unspecified atom stereocenters. The second kappa shape index (κ2) is 5.61. The molecule has 0 radical (unpaired) electrons. The summed E-state index contributed by atoms with van der Waals surface area (Å²) < 4.78 is 5.87. The van der Waals surface area contributed by atoms with Crippen molar-refractivity contribution >= 4 is 0 Å². The Kier molecular flexibility index (Phi) is 4.13. The van der Waals surface area contributed by atoms with E-state index in [0.717, 1.165) is 25.4 Å². The number of morpholine rings is 1. The van der Waals surface area contributed by atoms with Crippen molar-refractivity contribution in [3.8, 4) is 0 Å². The van der Waals surface area contributed by atoms with E-state index in [2.05, 4.69) is 35.9 Å². The van der Waals surface area contributed by atoms with E-state index >= 15 is 0 Å². The third-order valence-electron chi connectivity index (χ3n) is 3.60. The zero-order chi connectivity index (χ0) is 12.3. The van der Waals surface area contributed by atoms with Crippen LogP contribution in [-0.2, 0) is 4.74 Å². The van der Waals surface area contributed by atoms with Gasteiger partial charge >= 0.3 is 0 Å². The molecule has 1 aliphatic heterocycles. The highest BCUT2D eigenvalue weighted by Crippen LogP contribution is 2.23. The molecule has 2 atom stereocenters. The molecule has 17 heavy (non-hydrogen) atoms. The Balaban J connectivity index is 2.07. The third-order valence-corrected chi connectivity index (χ3v) is 3.60. The van der Waals surface area contributed by atoms with Gasteiger partial charge in [-0.1, -0.05) is 6.92 Å². The number of aryl methyl sites for hydroxylation is 1. The van der Waals surface area contributed by atoms with Crippen molar-refractivity contribution in [1.82, 2.24) is 9.88 Å². The average Bonchev–Trinajstić information content (AvgIpc) is 2.38. The van der Waals surface area contributed by atoms with E-state index in [1.807, 2.05) is 13.1 Å². The van der Waals surface area contributed by atoms with Gasteiger partial charge in [0, 0.05) is 31.0 Å². The molecule has 1 aliphatic rings. The van der Waals surface area contributed by atoms with Crippen molar-refractivity contribution in [2.45, 2.75) is 39.3 Å². The van der Waals surface area contributed by atoms with Crippen LogP contribution in [0.15, 0.2) is 18.3 Å². The number of hydrogen-bond donors (Lipinski definition) is 0. The number of pyridine rings is 1. The fourth-order valence-electron chi connectivity index (χ4n) is 2.30. The summed E-state index contributed by atoms with van der Waals surface area (Å²) in [5.74, 6) is 0. The molecule has 2 heterocycles. The predicted octanol–water partition coefficient (Wildman–Crippen LogP) is 2.56. The molecule has 0 saturated carbocycles. The van der Waals surface area contributed by atoms with Crippen LogP contribution < -0.4 is 0 Å². The summed E-state index contributed by atoms with van der Waals surface area (Å²) in [5.41, 5.74) is 2.32. The van der Waals surface area contributed by atoms with E-state index in [-0.39, 0.29) is 6.10 Å². The zero-order valence-electron chi connectivity index (χ0n) is 11.0. The smallest absolute Gasteiger partial charge is 0.0953 e. The maximum atomic E-state index is 5.87. The Hall–Kier alpha value is -0.930. The van der Waals surface area contributed by atoms with Crippen LogP contribution in [0.25, 0.3) is 0 Å². The average molecular weight is 234 g/mol. The first-order valence-corrected chi connectivity index (χ1v) is 6.49. The number of hydrogen-bond acceptors (Lipinski definition) is 3. The lowest BCUT2D eigenvalue weighted by Crippen LogP contribution is -2.43. The van der Waals surface area contributed by atoms with Crippen LogP contribution in [0.4, 0.5) is 0 Å². The number of aromatic nitrogens is 1. The van der Waals surface area contributed by atoms with E-state index < -0.39 is 0 Å². The topological polar surface area (TPSA) is 25.4 Å². The molecule has 0 aliphatic carbocycles. The predicted molar refractivity (Wildman–Crippen MR) is 69.0 cm³/mol. The molecule has 1 aromatic rings. The van der Waals surface area contributed by atoms with Gasteiger partial charge in [0.1, 0.15) is 0 Å². The molecular formula is C14H22N2O. The Bertz CT molecular complexity index is 367. The summed E-state index contributed by atoms with van der Waals surface area (Å²) in [6.45, 7) is 9.44. The monoisotopic (exact) mass is 234 g/mol. The van der Waals surface area contributed by atoms with Gasteiger partial charge in [0.15, 0.2) is 0 Å². The molecule has 3 heteroatoms. The third kappa shape index (κ3) is 3.05. The maximum absolute atomic E-state index is 5.87. The van der Waals surface area contributed by atoms with E-state index in [0.29, 0.717) is 6.04 Å². The Morgan fingerprint density at radius 1 is 1.59 bits per heavy atom. The first-order chi connectivity index (χ1) is 8.20. The molecule has 0 spiro atoms. The second-order valence-electron chi connectivity index (χ2n) is 4.84. The van der Waals surface area contributed by atoms with Gasteiger partial charge in [-0.05, 0) is 38.0 Å². The van der Waals surface area contributed by atoms with Crippen molar-refractivity contribution in [2.75, 3.05) is 19.7 Å². The van der Waals surface area contributed by atoms with Gasteiger partial charge in [-0.25, -0.2) is 0 Å². The van der Waals surface area contributed by atoms with Crippen LogP contribution in [0, 0.1) is 6.92 Å². The molecule has 0 amide bonds. The van der Waals surface area contributed by atoms with Gasteiger partial charge in [0.05, 0.1) is 12.7 Å². The molecule has 0 bridgehead atoms. The molecule has 1 aromatic heterocycles. The Labute approximate surface area is 104 Å². The van der Waals surface area contributed by atoms with Crippen LogP contribution in [0.3, 0.4) is 0 Å². The lowest BCUT2D eigenvalue weighted by atomic mass is 10.1. The van der Waals surface area contributed by atoms with Crippen LogP contribution in [0.5, 0.6) is 0 Å². The molecule has 2 rings (SSSR count). The van der Waals surface area contributed by atoms with Gasteiger partial charge in [-0.15, -0.1) is 0 Å². The van der Waals surface area contributed by atoms with Crippen molar-refractivity contribution in [3.05, 3.63) is 29.6 Å². The minimum atomic E-state index is 0.208. The van der Waals surface area contributed by atoms with E-state index in [4.69, 9.17) is 4.74 Å². The largest absolute Gasteiger partial charge is 0.371 e. The summed E-state index contributed by atoms with van der Waals surface area (Å²) in [5, 5.41) is 0. The molecule has 1 fully saturated rings. The Morgan fingerprint density at radius 2 is 2.41 bits per heavy atom. The number of ether oxygens (including phenoxy) is 1. The normalized spacial score (nSPS) is 23.6. The summed E-state index contributed by atoms with van der Waals surface area (Å²) in [6, 6.07) is 4.84. The fourth-order valence-corrected chi connectivity index (χ4v) is 2.30. The van der Waals surface area contributed by atoms with Crippen LogP contribution >= 0.6 is 0 Å². The van der Waals surface area contributed by atoms with Crippen molar-refractivity contribution in [3.63, 3.8) is 0 Å². The van der Waals surface area contributed by atoms with Crippen molar-refractivity contribution in [2.24, 2.45) is 0 Å². The molecule has 3 nitrogen and oxygen atoms in total.